The summed E-state index contributed by atoms with van der Waals surface area (Å²) in [6.45, 7) is 1.47. The van der Waals surface area contributed by atoms with Crippen LogP contribution in [-0.2, 0) is 28.7 Å². The number of hydrogen-bond donors (Lipinski definition) is 2. The van der Waals surface area contributed by atoms with Crippen LogP contribution in [-0.4, -0.2) is 84.3 Å². The zero-order chi connectivity index (χ0) is 31.7. The number of aliphatic hydroxyl groups excluding tert-OH is 1. The number of cyclic esters (lactones) is 1. The number of hydrogen-bond acceptors (Lipinski definition) is 8. The Balaban J connectivity index is 1.43. The van der Waals surface area contributed by atoms with Crippen molar-refractivity contribution in [3.8, 4) is 5.75 Å². The fourth-order valence-corrected chi connectivity index (χ4v) is 6.87. The number of aliphatic hydroxyl groups is 1. The van der Waals surface area contributed by atoms with Gasteiger partial charge in [0.15, 0.2) is 0 Å². The first-order valence-corrected chi connectivity index (χ1v) is 15.2. The van der Waals surface area contributed by atoms with Crippen LogP contribution in [0.5, 0.6) is 5.75 Å². The number of methoxy groups -OCH3 is 1. The standard InChI is InChI=1S/C34H37N3O8/c1-21(20-38)37-30-32(41)36(23-12-14-24(43-2)15-13-23)18-8-4-7-11-27(39)35-19-26(22-9-5-3-6-10-22)44-33(42)28-25-16-17-34(30,45-25)29(28)31(37)40/h3-6,8-10,12-17,21,25-26,28-30,38H,7,11,18-20H2,1-2H3,(H,35,39)/b8-4-/t21-,25+,26+,28-,29-,30+,34-/m1/s1. The molecule has 0 radical (unpaired) electrons. The summed E-state index contributed by atoms with van der Waals surface area (Å²) in [6.07, 6.45) is 6.12. The summed E-state index contributed by atoms with van der Waals surface area (Å²) in [6, 6.07) is 14.2. The van der Waals surface area contributed by atoms with E-state index in [2.05, 4.69) is 5.32 Å². The van der Waals surface area contributed by atoms with Gasteiger partial charge >= 0.3 is 5.97 Å². The van der Waals surface area contributed by atoms with Crippen molar-refractivity contribution in [3.05, 3.63) is 84.5 Å². The number of allylic oxidation sites excluding steroid dienone is 1. The number of amides is 3. The third kappa shape index (κ3) is 5.40. The summed E-state index contributed by atoms with van der Waals surface area (Å²) in [7, 11) is 1.55. The van der Waals surface area contributed by atoms with E-state index < -0.39 is 66.1 Å². The van der Waals surface area contributed by atoms with E-state index in [0.29, 0.717) is 23.4 Å². The normalized spacial score (nSPS) is 31.4. The zero-order valence-electron chi connectivity index (χ0n) is 25.2. The van der Waals surface area contributed by atoms with Gasteiger partial charge in [0.1, 0.15) is 29.4 Å². The van der Waals surface area contributed by atoms with Gasteiger partial charge in [-0.15, -0.1) is 0 Å². The maximum absolute atomic E-state index is 14.7. The van der Waals surface area contributed by atoms with Crippen molar-refractivity contribution < 1.29 is 38.5 Å². The SMILES string of the molecule is COc1ccc(N2C/C=C\CCC(=O)NC[C@@H](c3ccccc3)OC(=O)[C@@H]3[C@@H]4C=C[C@]5(O4)[C@H](C2=O)N([C@H](C)CO)C(=O)[C@@H]35)cc1. The second kappa shape index (κ2) is 12.5. The third-order valence-electron chi connectivity index (χ3n) is 9.11. The topological polar surface area (TPSA) is 135 Å². The quantitative estimate of drug-likeness (QED) is 0.387. The van der Waals surface area contributed by atoms with Crippen molar-refractivity contribution in [3.63, 3.8) is 0 Å². The van der Waals surface area contributed by atoms with Gasteiger partial charge in [-0.25, -0.2) is 0 Å². The summed E-state index contributed by atoms with van der Waals surface area (Å²) in [5.74, 6) is -3.21. The Kier molecular flexibility index (Phi) is 8.48. The minimum absolute atomic E-state index is 0.0518. The maximum atomic E-state index is 14.7. The van der Waals surface area contributed by atoms with Gasteiger partial charge in [0, 0.05) is 18.7 Å². The number of ether oxygens (including phenoxy) is 3. The number of nitrogens with zero attached hydrogens (tertiary/aromatic N) is 2. The lowest BCUT2D eigenvalue weighted by atomic mass is 9.74. The van der Waals surface area contributed by atoms with Crippen LogP contribution in [0, 0.1) is 11.8 Å². The molecule has 45 heavy (non-hydrogen) atoms. The van der Waals surface area contributed by atoms with Crippen LogP contribution in [0.4, 0.5) is 5.69 Å². The number of esters is 1. The van der Waals surface area contributed by atoms with Crippen LogP contribution in [0.3, 0.4) is 0 Å². The lowest BCUT2D eigenvalue weighted by molar-refractivity contribution is -0.160. The molecule has 0 saturated carbocycles. The molecule has 2 aromatic rings. The van der Waals surface area contributed by atoms with E-state index in [1.165, 1.54) is 4.90 Å². The highest BCUT2D eigenvalue weighted by molar-refractivity contribution is 6.05. The average Bonchev–Trinajstić information content (AvgIpc) is 3.71. The monoisotopic (exact) mass is 615 g/mol. The Hall–Kier alpha value is -4.48. The number of carbonyl (C=O) groups excluding carboxylic acids is 4. The van der Waals surface area contributed by atoms with Gasteiger partial charge in [-0.3, -0.25) is 19.2 Å². The highest BCUT2D eigenvalue weighted by atomic mass is 16.6. The lowest BCUT2D eigenvalue weighted by Gasteiger charge is -2.37. The Labute approximate surface area is 261 Å². The Morgan fingerprint density at radius 3 is 2.51 bits per heavy atom. The number of nitrogens with one attached hydrogen (secondary N) is 1. The molecule has 11 nitrogen and oxygen atoms in total. The van der Waals surface area contributed by atoms with E-state index in [4.69, 9.17) is 14.2 Å². The van der Waals surface area contributed by atoms with Gasteiger partial charge < -0.3 is 34.4 Å². The lowest BCUT2D eigenvalue weighted by Crippen LogP contribution is -2.58. The minimum atomic E-state index is -1.44. The molecule has 6 rings (SSSR count). The molecule has 236 valence electrons. The predicted octanol–water partition coefficient (Wildman–Crippen LogP) is 2.31. The fourth-order valence-electron chi connectivity index (χ4n) is 6.87. The molecule has 1 spiro atoms. The molecule has 4 heterocycles. The molecule has 7 atom stereocenters. The Bertz CT molecular complexity index is 1510. The van der Waals surface area contributed by atoms with Gasteiger partial charge in [0.25, 0.3) is 5.91 Å². The average molecular weight is 616 g/mol. The number of rotatable bonds is 5. The number of likely N-dealkylation sites (tertiary alicyclic amines) is 1. The van der Waals surface area contributed by atoms with Crippen molar-refractivity contribution in [2.45, 2.75) is 49.7 Å². The summed E-state index contributed by atoms with van der Waals surface area (Å²) < 4.78 is 17.8. The summed E-state index contributed by atoms with van der Waals surface area (Å²) in [4.78, 5) is 58.6. The van der Waals surface area contributed by atoms with Gasteiger partial charge in [-0.05, 0) is 43.2 Å². The van der Waals surface area contributed by atoms with Crippen molar-refractivity contribution in [1.82, 2.24) is 10.2 Å². The predicted molar refractivity (Wildman–Crippen MR) is 163 cm³/mol. The molecule has 0 unspecified atom stereocenters. The molecule has 2 N–H and O–H groups in total. The van der Waals surface area contributed by atoms with E-state index in [-0.39, 0.29) is 25.4 Å². The van der Waals surface area contributed by atoms with Gasteiger partial charge in [-0.2, -0.15) is 0 Å². The van der Waals surface area contributed by atoms with Crippen LogP contribution in [0.1, 0.15) is 31.4 Å². The minimum Gasteiger partial charge on any atom is -0.497 e. The Morgan fingerprint density at radius 1 is 1.04 bits per heavy atom. The van der Waals surface area contributed by atoms with Gasteiger partial charge in [0.05, 0.1) is 38.3 Å². The van der Waals surface area contributed by atoms with E-state index >= 15 is 0 Å². The summed E-state index contributed by atoms with van der Waals surface area (Å²) in [5.41, 5.74) is -0.192. The molecule has 2 fully saturated rings. The smallest absolute Gasteiger partial charge is 0.313 e. The molecule has 2 saturated heterocycles. The van der Waals surface area contributed by atoms with Gasteiger partial charge in [0.2, 0.25) is 11.8 Å². The number of benzene rings is 2. The molecule has 2 aromatic carbocycles. The summed E-state index contributed by atoms with van der Waals surface area (Å²) in [5, 5.41) is 13.1. The van der Waals surface area contributed by atoms with Crippen molar-refractivity contribution in [2.75, 3.05) is 31.7 Å². The van der Waals surface area contributed by atoms with Crippen LogP contribution >= 0.6 is 0 Å². The van der Waals surface area contributed by atoms with Crippen molar-refractivity contribution in [2.24, 2.45) is 11.8 Å². The van der Waals surface area contributed by atoms with E-state index in [1.54, 1.807) is 55.4 Å². The third-order valence-corrected chi connectivity index (χ3v) is 9.11. The molecule has 5 bridgehead atoms. The molecule has 11 heteroatoms. The molecule has 0 aliphatic carbocycles. The molecular formula is C34H37N3O8. The van der Waals surface area contributed by atoms with E-state index in [1.807, 2.05) is 42.5 Å². The first-order chi connectivity index (χ1) is 21.8. The molecule has 0 aromatic heterocycles. The van der Waals surface area contributed by atoms with Crippen molar-refractivity contribution >= 4 is 29.4 Å². The molecule has 4 aliphatic rings. The first kappa shape index (κ1) is 30.5. The van der Waals surface area contributed by atoms with Crippen LogP contribution < -0.4 is 15.0 Å². The van der Waals surface area contributed by atoms with E-state index in [0.717, 1.165) is 0 Å². The fraction of sp³-hybridized carbons (Fsp3) is 0.412. The van der Waals surface area contributed by atoms with Gasteiger partial charge in [-0.1, -0.05) is 54.6 Å². The maximum Gasteiger partial charge on any atom is 0.313 e. The number of carbonyl (C=O) groups is 4. The molecular weight excluding hydrogens is 578 g/mol. The van der Waals surface area contributed by atoms with E-state index in [9.17, 15) is 24.3 Å². The largest absolute Gasteiger partial charge is 0.497 e. The first-order valence-electron chi connectivity index (χ1n) is 15.2. The second-order valence-electron chi connectivity index (χ2n) is 11.8. The van der Waals surface area contributed by atoms with Crippen LogP contribution in [0.2, 0.25) is 0 Å². The highest BCUT2D eigenvalue weighted by Gasteiger charge is 2.74. The Morgan fingerprint density at radius 2 is 1.80 bits per heavy atom. The number of fused-ring (bicyclic) bond motifs is 2. The van der Waals surface area contributed by atoms with Crippen molar-refractivity contribution in [1.29, 1.82) is 0 Å². The highest BCUT2D eigenvalue weighted by Crippen LogP contribution is 2.56. The second-order valence-corrected chi connectivity index (χ2v) is 11.8. The van der Waals surface area contributed by atoms with Crippen LogP contribution in [0.25, 0.3) is 0 Å². The zero-order valence-corrected chi connectivity index (χ0v) is 25.2. The molecule has 4 aliphatic heterocycles. The number of anilines is 1. The van der Waals surface area contributed by atoms with Crippen LogP contribution in [0.15, 0.2) is 78.9 Å². The summed E-state index contributed by atoms with van der Waals surface area (Å²) >= 11 is 0. The molecule has 3 amide bonds.